The van der Waals surface area contributed by atoms with E-state index in [1.54, 1.807) is 6.08 Å². The molecule has 0 aromatic heterocycles. The Kier molecular flexibility index (Phi) is 2.65. The predicted molar refractivity (Wildman–Crippen MR) is 55.8 cm³/mol. The lowest BCUT2D eigenvalue weighted by molar-refractivity contribution is 1.60. The van der Waals surface area contributed by atoms with Gasteiger partial charge in [0, 0.05) is 0 Å². The van der Waals surface area contributed by atoms with Crippen LogP contribution < -0.4 is 0 Å². The summed E-state index contributed by atoms with van der Waals surface area (Å²) in [4.78, 5) is 0. The Morgan fingerprint density at radius 3 is 2.58 bits per heavy atom. The Labute approximate surface area is 73.6 Å². The molecule has 0 aliphatic carbocycles. The average Bonchev–Trinajstić information content (AvgIpc) is 2.17. The van der Waals surface area contributed by atoms with Crippen molar-refractivity contribution in [1.82, 2.24) is 0 Å². The molecule has 1 aromatic rings. The Morgan fingerprint density at radius 2 is 2.00 bits per heavy atom. The zero-order valence-electron chi connectivity index (χ0n) is 7.09. The number of hydrogen-bond acceptors (Lipinski definition) is 0. The van der Waals surface area contributed by atoms with Gasteiger partial charge < -0.3 is 0 Å². The van der Waals surface area contributed by atoms with Crippen molar-refractivity contribution in [2.24, 2.45) is 0 Å². The summed E-state index contributed by atoms with van der Waals surface area (Å²) in [7, 11) is 0. The quantitative estimate of drug-likeness (QED) is 0.587. The second kappa shape index (κ2) is 3.72. The van der Waals surface area contributed by atoms with Gasteiger partial charge in [0.25, 0.3) is 0 Å². The van der Waals surface area contributed by atoms with Gasteiger partial charge in [0.1, 0.15) is 0 Å². The molecular formula is C12H12. The molecule has 0 atom stereocenters. The lowest BCUT2D eigenvalue weighted by atomic mass is 10.0. The minimum absolute atomic E-state index is 0.943. The van der Waals surface area contributed by atoms with Gasteiger partial charge in [-0.1, -0.05) is 50.1 Å². The van der Waals surface area contributed by atoms with Gasteiger partial charge in [-0.25, -0.2) is 0 Å². The van der Waals surface area contributed by atoms with E-state index >= 15 is 0 Å². The lowest BCUT2D eigenvalue weighted by Crippen LogP contribution is -1.79. The maximum Gasteiger partial charge on any atom is -0.0184 e. The number of hydrogen-bond donors (Lipinski definition) is 0. The van der Waals surface area contributed by atoms with Gasteiger partial charge in [-0.15, -0.1) is 0 Å². The highest BCUT2D eigenvalue weighted by molar-refractivity contribution is 5.72. The molecule has 0 aliphatic rings. The molecule has 0 fully saturated rings. The molecule has 0 unspecified atom stereocenters. The van der Waals surface area contributed by atoms with Crippen molar-refractivity contribution in [3.8, 4) is 0 Å². The van der Waals surface area contributed by atoms with Crippen molar-refractivity contribution in [1.29, 1.82) is 0 Å². The molecule has 0 radical (unpaired) electrons. The van der Waals surface area contributed by atoms with Gasteiger partial charge in [-0.3, -0.25) is 0 Å². The lowest BCUT2D eigenvalue weighted by Gasteiger charge is -2.00. The van der Waals surface area contributed by atoms with Crippen LogP contribution in [0.5, 0.6) is 0 Å². The fraction of sp³-hybridized carbons (Fsp3) is 0. The van der Waals surface area contributed by atoms with Crippen LogP contribution >= 0.6 is 0 Å². The third kappa shape index (κ3) is 1.73. The van der Waals surface area contributed by atoms with E-state index < -0.39 is 0 Å². The van der Waals surface area contributed by atoms with Crippen LogP contribution in [-0.4, -0.2) is 0 Å². The molecule has 0 N–H and O–H groups in total. The molecule has 0 bridgehead atoms. The maximum atomic E-state index is 3.87. The zero-order valence-corrected chi connectivity index (χ0v) is 7.09. The van der Waals surface area contributed by atoms with Gasteiger partial charge in [-0.2, -0.15) is 0 Å². The first-order valence-electron chi connectivity index (χ1n) is 3.82. The first-order valence-corrected chi connectivity index (χ1v) is 3.82. The minimum Gasteiger partial charge on any atom is -0.0985 e. The highest BCUT2D eigenvalue weighted by Crippen LogP contribution is 2.15. The highest BCUT2D eigenvalue weighted by Gasteiger charge is 1.93. The molecule has 1 aromatic carbocycles. The zero-order chi connectivity index (χ0) is 8.97. The summed E-state index contributed by atoms with van der Waals surface area (Å²) in [5.41, 5.74) is 3.15. The maximum absolute atomic E-state index is 3.87. The molecule has 60 valence electrons. The van der Waals surface area contributed by atoms with E-state index in [1.165, 1.54) is 0 Å². The van der Waals surface area contributed by atoms with Crippen LogP contribution in [0.4, 0.5) is 0 Å². The van der Waals surface area contributed by atoms with E-state index in [9.17, 15) is 0 Å². The fourth-order valence-corrected chi connectivity index (χ4v) is 0.983. The van der Waals surface area contributed by atoms with Crippen LogP contribution in [0.3, 0.4) is 0 Å². The topological polar surface area (TPSA) is 0 Å². The first kappa shape index (κ1) is 8.54. The summed E-state index contributed by atoms with van der Waals surface area (Å²) < 4.78 is 0. The van der Waals surface area contributed by atoms with E-state index in [-0.39, 0.29) is 0 Å². The van der Waals surface area contributed by atoms with Crippen LogP contribution in [0.15, 0.2) is 50.1 Å². The Balaban J connectivity index is 3.09. The summed E-state index contributed by atoms with van der Waals surface area (Å²) in [6.45, 7) is 11.2. The molecule has 1 rings (SSSR count). The van der Waals surface area contributed by atoms with Crippen LogP contribution in [0, 0.1) is 0 Å². The van der Waals surface area contributed by atoms with Crippen LogP contribution in [-0.2, 0) is 0 Å². The van der Waals surface area contributed by atoms with E-state index in [0.717, 1.165) is 16.7 Å². The summed E-state index contributed by atoms with van der Waals surface area (Å²) in [5, 5.41) is 0. The van der Waals surface area contributed by atoms with Crippen molar-refractivity contribution < 1.29 is 0 Å². The summed E-state index contributed by atoms with van der Waals surface area (Å²) in [6.07, 6.45) is 3.57. The van der Waals surface area contributed by atoms with E-state index in [0.29, 0.717) is 0 Å². The summed E-state index contributed by atoms with van der Waals surface area (Å²) >= 11 is 0. The van der Waals surface area contributed by atoms with Gasteiger partial charge in [0.15, 0.2) is 0 Å². The second-order valence-corrected chi connectivity index (χ2v) is 2.56. The van der Waals surface area contributed by atoms with Gasteiger partial charge >= 0.3 is 0 Å². The third-order valence-corrected chi connectivity index (χ3v) is 1.74. The van der Waals surface area contributed by atoms with E-state index in [2.05, 4.69) is 19.7 Å². The van der Waals surface area contributed by atoms with Crippen LogP contribution in [0.25, 0.3) is 11.6 Å². The van der Waals surface area contributed by atoms with Crippen LogP contribution in [0.2, 0.25) is 0 Å². The second-order valence-electron chi connectivity index (χ2n) is 2.56. The molecule has 0 nitrogen and oxygen atoms in total. The number of rotatable bonds is 3. The molecule has 0 saturated carbocycles. The molecule has 0 heterocycles. The average molecular weight is 156 g/mol. The monoisotopic (exact) mass is 156 g/mol. The predicted octanol–water partition coefficient (Wildman–Crippen LogP) is 3.53. The molecular weight excluding hydrogens is 144 g/mol. The first-order chi connectivity index (χ1) is 5.77. The molecule has 0 heteroatoms. The minimum atomic E-state index is 0.943. The standard InChI is InChI=1S/C12H12/c1-4-10(3)12-8-6-7-11(5-2)9-12/h4-9H,1-3H2. The van der Waals surface area contributed by atoms with Crippen molar-refractivity contribution in [2.45, 2.75) is 0 Å². The van der Waals surface area contributed by atoms with E-state index in [1.807, 2.05) is 30.3 Å². The molecule has 0 aliphatic heterocycles. The molecule has 0 spiro atoms. The normalized spacial score (nSPS) is 9.00. The van der Waals surface area contributed by atoms with Gasteiger partial charge in [0.05, 0.1) is 0 Å². The van der Waals surface area contributed by atoms with Crippen molar-refractivity contribution >= 4 is 11.6 Å². The third-order valence-electron chi connectivity index (χ3n) is 1.74. The van der Waals surface area contributed by atoms with Crippen molar-refractivity contribution in [3.63, 3.8) is 0 Å². The van der Waals surface area contributed by atoms with Gasteiger partial charge in [0.2, 0.25) is 0 Å². The molecule has 12 heavy (non-hydrogen) atoms. The smallest absolute Gasteiger partial charge is 0.0184 e. The summed E-state index contributed by atoms with van der Waals surface area (Å²) in [6, 6.07) is 8.04. The molecule has 0 amide bonds. The van der Waals surface area contributed by atoms with E-state index in [4.69, 9.17) is 0 Å². The van der Waals surface area contributed by atoms with Gasteiger partial charge in [-0.05, 0) is 22.8 Å². The fourth-order valence-electron chi connectivity index (χ4n) is 0.983. The Morgan fingerprint density at radius 1 is 1.25 bits per heavy atom. The van der Waals surface area contributed by atoms with Crippen molar-refractivity contribution in [3.05, 3.63) is 61.2 Å². The number of benzene rings is 1. The highest BCUT2D eigenvalue weighted by atomic mass is 14.0. The summed E-state index contributed by atoms with van der Waals surface area (Å²) in [5.74, 6) is 0. The molecule has 0 saturated heterocycles. The largest absolute Gasteiger partial charge is 0.0985 e. The Hall–Kier alpha value is -1.56. The number of allylic oxidation sites excluding steroid dienone is 2. The Bertz CT molecular complexity index is 319. The van der Waals surface area contributed by atoms with Crippen molar-refractivity contribution in [2.75, 3.05) is 0 Å². The van der Waals surface area contributed by atoms with Crippen LogP contribution in [0.1, 0.15) is 11.1 Å². The SMILES string of the molecule is C=CC(=C)c1cccc(C=C)c1.